The predicted molar refractivity (Wildman–Crippen MR) is 122 cm³/mol. The molecule has 2 aromatic carbocycles. The highest BCUT2D eigenvalue weighted by molar-refractivity contribution is 6.14. The average Bonchev–Trinajstić information content (AvgIpc) is 3.44. The summed E-state index contributed by atoms with van der Waals surface area (Å²) in [6.07, 6.45) is 3.33. The minimum absolute atomic E-state index is 0.0295. The average molecular weight is 418 g/mol. The fraction of sp³-hybridized carbons (Fsp3) is 0.417. The molecule has 1 amide bonds. The van der Waals surface area contributed by atoms with Crippen LogP contribution in [-0.4, -0.2) is 71.6 Å². The first-order chi connectivity index (χ1) is 15.2. The summed E-state index contributed by atoms with van der Waals surface area (Å²) in [5.74, 6) is 0.0295. The summed E-state index contributed by atoms with van der Waals surface area (Å²) in [5, 5.41) is 10.9. The fourth-order valence-electron chi connectivity index (χ4n) is 5.50. The summed E-state index contributed by atoms with van der Waals surface area (Å²) in [6, 6.07) is 9.72. The molecular formula is C24H27N5O2. The van der Waals surface area contributed by atoms with E-state index < -0.39 is 0 Å². The van der Waals surface area contributed by atoms with Gasteiger partial charge in [0, 0.05) is 73.1 Å². The zero-order chi connectivity index (χ0) is 20.9. The molecule has 0 spiro atoms. The molecule has 1 aromatic heterocycles. The number of nitrogens with one attached hydrogen (secondary N) is 2. The van der Waals surface area contributed by atoms with Crippen LogP contribution in [0.1, 0.15) is 24.0 Å². The Kier molecular flexibility index (Phi) is 4.56. The second kappa shape index (κ2) is 7.44. The van der Waals surface area contributed by atoms with E-state index >= 15 is 0 Å². The molecule has 2 aliphatic heterocycles. The number of hydrogen-bond acceptors (Lipinski definition) is 5. The molecule has 0 unspecified atom stereocenters. The summed E-state index contributed by atoms with van der Waals surface area (Å²) < 4.78 is 0. The normalized spacial score (nSPS) is 19.7. The molecule has 0 bridgehead atoms. The molecule has 1 aliphatic carbocycles. The van der Waals surface area contributed by atoms with Gasteiger partial charge < -0.3 is 10.3 Å². The molecule has 2 saturated heterocycles. The van der Waals surface area contributed by atoms with Crippen molar-refractivity contribution in [2.75, 3.05) is 51.1 Å². The lowest BCUT2D eigenvalue weighted by atomic mass is 10.1. The monoisotopic (exact) mass is 417 g/mol. The molecule has 7 nitrogen and oxygen atoms in total. The lowest BCUT2D eigenvalue weighted by Gasteiger charge is -2.39. The predicted octanol–water partition coefficient (Wildman–Crippen LogP) is 2.15. The van der Waals surface area contributed by atoms with E-state index in [9.17, 15) is 9.59 Å². The Balaban J connectivity index is 1.18. The number of rotatable bonds is 4. The first-order valence-electron chi connectivity index (χ1n) is 11.3. The van der Waals surface area contributed by atoms with Crippen molar-refractivity contribution in [3.05, 3.63) is 51.8 Å². The summed E-state index contributed by atoms with van der Waals surface area (Å²) in [6.45, 7) is 6.59. The topological polar surface area (TPSA) is 71.7 Å². The SMILES string of the molecule is O=C(CN1CCN(N2CCCC2)CC1)Nc1ccc2[nH]c(=O)c3cccc4c3c2c1C4. The van der Waals surface area contributed by atoms with E-state index in [0.717, 1.165) is 71.1 Å². The number of aromatic nitrogens is 1. The maximum Gasteiger partial charge on any atom is 0.256 e. The van der Waals surface area contributed by atoms with Crippen molar-refractivity contribution in [2.45, 2.75) is 19.3 Å². The standard InChI is InChI=1S/C24H27N5O2/c30-21(15-27-10-12-29(13-11-27)28-8-1-2-9-28)25-19-6-7-20-23-18(19)14-16-4-3-5-17(22(16)23)24(31)26-20/h3-7H,1-2,8-15H2,(H,25,30)(H,26,31). The number of hydrazine groups is 1. The number of H-pyrrole nitrogens is 1. The van der Waals surface area contributed by atoms with Gasteiger partial charge in [0.2, 0.25) is 5.91 Å². The molecule has 0 radical (unpaired) electrons. The molecule has 0 saturated carbocycles. The van der Waals surface area contributed by atoms with Crippen molar-refractivity contribution < 1.29 is 4.79 Å². The number of pyridine rings is 1. The van der Waals surface area contributed by atoms with Gasteiger partial charge in [-0.2, -0.15) is 0 Å². The Morgan fingerprint density at radius 3 is 2.52 bits per heavy atom. The largest absolute Gasteiger partial charge is 0.325 e. The van der Waals surface area contributed by atoms with Gasteiger partial charge in [-0.3, -0.25) is 14.5 Å². The lowest BCUT2D eigenvalue weighted by Crippen LogP contribution is -2.54. The highest BCUT2D eigenvalue weighted by Gasteiger charge is 2.26. The minimum atomic E-state index is -0.0536. The Morgan fingerprint density at radius 2 is 1.71 bits per heavy atom. The van der Waals surface area contributed by atoms with Crippen LogP contribution >= 0.6 is 0 Å². The minimum Gasteiger partial charge on any atom is -0.325 e. The van der Waals surface area contributed by atoms with Gasteiger partial charge >= 0.3 is 0 Å². The Bertz CT molecular complexity index is 1240. The molecule has 0 atom stereocenters. The number of anilines is 1. The molecule has 3 aromatic rings. The summed E-state index contributed by atoms with van der Waals surface area (Å²) in [5.41, 5.74) is 3.91. The Morgan fingerprint density at radius 1 is 0.935 bits per heavy atom. The van der Waals surface area contributed by atoms with Gasteiger partial charge in [-0.05, 0) is 42.2 Å². The third kappa shape index (κ3) is 3.24. The van der Waals surface area contributed by atoms with Crippen molar-refractivity contribution in [3.8, 4) is 0 Å². The molecule has 7 heteroatoms. The third-order valence-electron chi connectivity index (χ3n) is 7.05. The van der Waals surface area contributed by atoms with E-state index in [4.69, 9.17) is 0 Å². The molecule has 2 N–H and O–H groups in total. The molecule has 6 rings (SSSR count). The van der Waals surface area contributed by atoms with Gasteiger partial charge in [0.25, 0.3) is 5.56 Å². The maximum absolute atomic E-state index is 12.9. The molecular weight excluding hydrogens is 390 g/mol. The second-order valence-electron chi connectivity index (χ2n) is 8.92. The van der Waals surface area contributed by atoms with E-state index in [1.165, 1.54) is 25.9 Å². The molecule has 160 valence electrons. The summed E-state index contributed by atoms with van der Waals surface area (Å²) in [7, 11) is 0. The van der Waals surface area contributed by atoms with Crippen molar-refractivity contribution in [1.29, 1.82) is 0 Å². The number of carbonyl (C=O) groups is 1. The van der Waals surface area contributed by atoms with Crippen LogP contribution in [0.5, 0.6) is 0 Å². The second-order valence-corrected chi connectivity index (χ2v) is 8.92. The van der Waals surface area contributed by atoms with Gasteiger partial charge in [-0.15, -0.1) is 0 Å². The van der Waals surface area contributed by atoms with Crippen molar-refractivity contribution in [3.63, 3.8) is 0 Å². The Hall–Kier alpha value is -2.74. The van der Waals surface area contributed by atoms with E-state index in [-0.39, 0.29) is 11.5 Å². The van der Waals surface area contributed by atoms with E-state index in [2.05, 4.69) is 31.3 Å². The lowest BCUT2D eigenvalue weighted by molar-refractivity contribution is -0.118. The highest BCUT2D eigenvalue weighted by atomic mass is 16.2. The van der Waals surface area contributed by atoms with Crippen molar-refractivity contribution in [1.82, 2.24) is 19.9 Å². The first-order valence-corrected chi connectivity index (χ1v) is 11.3. The van der Waals surface area contributed by atoms with Gasteiger partial charge in [0.15, 0.2) is 0 Å². The van der Waals surface area contributed by atoms with Crippen LogP contribution in [0, 0.1) is 0 Å². The first kappa shape index (κ1) is 19.0. The van der Waals surface area contributed by atoms with Crippen LogP contribution in [-0.2, 0) is 11.2 Å². The summed E-state index contributed by atoms with van der Waals surface area (Å²) in [4.78, 5) is 30.5. The van der Waals surface area contributed by atoms with E-state index in [1.807, 2.05) is 24.3 Å². The molecule has 3 heterocycles. The van der Waals surface area contributed by atoms with E-state index in [1.54, 1.807) is 0 Å². The quantitative estimate of drug-likeness (QED) is 0.498. The van der Waals surface area contributed by atoms with Gasteiger partial charge in [-0.1, -0.05) is 12.1 Å². The number of carbonyl (C=O) groups excluding carboxylic acids is 1. The number of aromatic amines is 1. The van der Waals surface area contributed by atoms with Crippen LogP contribution in [0.25, 0.3) is 21.7 Å². The van der Waals surface area contributed by atoms with E-state index in [0.29, 0.717) is 6.54 Å². The van der Waals surface area contributed by atoms with Gasteiger partial charge in [0.1, 0.15) is 0 Å². The maximum atomic E-state index is 12.9. The van der Waals surface area contributed by atoms with Crippen LogP contribution in [0.15, 0.2) is 35.1 Å². The number of benzene rings is 2. The molecule has 3 aliphatic rings. The Labute approximate surface area is 180 Å². The van der Waals surface area contributed by atoms with Gasteiger partial charge in [0.05, 0.1) is 6.54 Å². The van der Waals surface area contributed by atoms with Crippen molar-refractivity contribution >= 4 is 33.3 Å². The number of amides is 1. The highest BCUT2D eigenvalue weighted by Crippen LogP contribution is 2.39. The van der Waals surface area contributed by atoms with Gasteiger partial charge in [-0.25, -0.2) is 10.0 Å². The fourth-order valence-corrected chi connectivity index (χ4v) is 5.50. The smallest absolute Gasteiger partial charge is 0.256 e. The summed E-state index contributed by atoms with van der Waals surface area (Å²) >= 11 is 0. The van der Waals surface area contributed by atoms with Crippen LogP contribution in [0.2, 0.25) is 0 Å². The van der Waals surface area contributed by atoms with Crippen LogP contribution < -0.4 is 10.9 Å². The number of nitrogens with zero attached hydrogens (tertiary/aromatic N) is 3. The molecule has 31 heavy (non-hydrogen) atoms. The van der Waals surface area contributed by atoms with Crippen LogP contribution in [0.3, 0.4) is 0 Å². The number of piperazine rings is 1. The van der Waals surface area contributed by atoms with Crippen LogP contribution in [0.4, 0.5) is 5.69 Å². The number of hydrogen-bond donors (Lipinski definition) is 2. The zero-order valence-corrected chi connectivity index (χ0v) is 17.6. The molecule has 2 fully saturated rings. The third-order valence-corrected chi connectivity index (χ3v) is 7.05. The van der Waals surface area contributed by atoms with Crippen molar-refractivity contribution in [2.24, 2.45) is 0 Å². The zero-order valence-electron chi connectivity index (χ0n) is 17.6.